The van der Waals surface area contributed by atoms with E-state index in [-0.39, 0.29) is 17.8 Å². The molecule has 0 fully saturated rings. The molecule has 2 heterocycles. The molecule has 23 heavy (non-hydrogen) atoms. The number of nitrogens with zero attached hydrogens (tertiary/aromatic N) is 4. The predicted molar refractivity (Wildman–Crippen MR) is 84.6 cm³/mol. The molecule has 0 radical (unpaired) electrons. The van der Waals surface area contributed by atoms with Gasteiger partial charge in [0, 0.05) is 44.2 Å². The van der Waals surface area contributed by atoms with E-state index >= 15 is 0 Å². The Kier molecular flexibility index (Phi) is 5.46. The molecule has 0 saturated heterocycles. The Morgan fingerprint density at radius 2 is 2.04 bits per heavy atom. The summed E-state index contributed by atoms with van der Waals surface area (Å²) in [4.78, 5) is 26.7. The van der Waals surface area contributed by atoms with Gasteiger partial charge < -0.3 is 14.4 Å². The topological polar surface area (TPSA) is 77.4 Å². The van der Waals surface area contributed by atoms with Crippen LogP contribution in [0.3, 0.4) is 0 Å². The number of aromatic nitrogens is 3. The van der Waals surface area contributed by atoms with Gasteiger partial charge in [-0.25, -0.2) is 0 Å². The van der Waals surface area contributed by atoms with Crippen molar-refractivity contribution < 1.29 is 14.3 Å². The summed E-state index contributed by atoms with van der Waals surface area (Å²) in [5.41, 5.74) is 1.22. The van der Waals surface area contributed by atoms with Crippen LogP contribution in [-0.2, 0) is 6.42 Å². The molecule has 0 unspecified atom stereocenters. The molecule has 0 N–H and O–H groups in total. The van der Waals surface area contributed by atoms with Gasteiger partial charge in [-0.2, -0.15) is 4.98 Å². The zero-order valence-corrected chi connectivity index (χ0v) is 13.7. The number of hydrogen-bond donors (Lipinski definition) is 0. The monoisotopic (exact) mass is 316 g/mol. The SMILES string of the molecule is COc1ccc(C(=O)N(C)[C@@H](C)Cc2cnccn2)c(OC)n1. The number of rotatable bonds is 6. The lowest BCUT2D eigenvalue weighted by Crippen LogP contribution is -2.37. The van der Waals surface area contributed by atoms with E-state index in [2.05, 4.69) is 15.0 Å². The van der Waals surface area contributed by atoms with Gasteiger partial charge in [0.1, 0.15) is 5.56 Å². The quantitative estimate of drug-likeness (QED) is 0.805. The van der Waals surface area contributed by atoms with Crippen LogP contribution in [0.4, 0.5) is 0 Å². The van der Waals surface area contributed by atoms with E-state index in [0.29, 0.717) is 17.9 Å². The standard InChI is InChI=1S/C16H20N4O3/c1-11(9-12-10-17-7-8-18-12)20(2)16(21)13-5-6-14(22-3)19-15(13)23-4/h5-8,10-11H,9H2,1-4H3/t11-/m0/s1. The lowest BCUT2D eigenvalue weighted by Gasteiger charge is -2.25. The van der Waals surface area contributed by atoms with Crippen molar-refractivity contribution in [3.05, 3.63) is 42.0 Å². The van der Waals surface area contributed by atoms with Crippen molar-refractivity contribution in [3.8, 4) is 11.8 Å². The summed E-state index contributed by atoms with van der Waals surface area (Å²) in [6, 6.07) is 3.24. The van der Waals surface area contributed by atoms with E-state index in [1.54, 1.807) is 42.7 Å². The Bertz CT molecular complexity index is 664. The lowest BCUT2D eigenvalue weighted by molar-refractivity contribution is 0.0738. The maximum atomic E-state index is 12.7. The predicted octanol–water partition coefficient (Wildman–Crippen LogP) is 1.59. The number of likely N-dealkylation sites (N-methyl/N-ethyl adjacent to an activating group) is 1. The Labute approximate surface area is 135 Å². The lowest BCUT2D eigenvalue weighted by atomic mass is 10.1. The molecule has 0 aliphatic carbocycles. The van der Waals surface area contributed by atoms with Crippen molar-refractivity contribution in [1.29, 1.82) is 0 Å². The van der Waals surface area contributed by atoms with E-state index in [1.807, 2.05) is 6.92 Å². The largest absolute Gasteiger partial charge is 0.481 e. The van der Waals surface area contributed by atoms with Crippen molar-refractivity contribution in [2.24, 2.45) is 0 Å². The average Bonchev–Trinajstić information content (AvgIpc) is 2.60. The Morgan fingerprint density at radius 3 is 2.65 bits per heavy atom. The highest BCUT2D eigenvalue weighted by Crippen LogP contribution is 2.22. The van der Waals surface area contributed by atoms with Crippen molar-refractivity contribution in [3.63, 3.8) is 0 Å². The van der Waals surface area contributed by atoms with Gasteiger partial charge in [-0.15, -0.1) is 0 Å². The Hall–Kier alpha value is -2.70. The minimum atomic E-state index is -0.173. The number of hydrogen-bond acceptors (Lipinski definition) is 6. The van der Waals surface area contributed by atoms with Crippen LogP contribution < -0.4 is 9.47 Å². The van der Waals surface area contributed by atoms with Crippen molar-refractivity contribution in [2.75, 3.05) is 21.3 Å². The Balaban J connectivity index is 2.15. The Morgan fingerprint density at radius 1 is 1.26 bits per heavy atom. The van der Waals surface area contributed by atoms with Gasteiger partial charge in [0.15, 0.2) is 0 Å². The van der Waals surface area contributed by atoms with Gasteiger partial charge in [-0.3, -0.25) is 14.8 Å². The number of ether oxygens (including phenoxy) is 2. The first-order chi connectivity index (χ1) is 11.1. The van der Waals surface area contributed by atoms with Gasteiger partial charge >= 0.3 is 0 Å². The van der Waals surface area contributed by atoms with Gasteiger partial charge in [-0.1, -0.05) is 0 Å². The highest BCUT2D eigenvalue weighted by atomic mass is 16.5. The van der Waals surface area contributed by atoms with Crippen LogP contribution in [-0.4, -0.2) is 53.1 Å². The summed E-state index contributed by atoms with van der Waals surface area (Å²) in [7, 11) is 4.73. The van der Waals surface area contributed by atoms with Crippen LogP contribution in [0.25, 0.3) is 0 Å². The molecule has 0 aromatic carbocycles. The van der Waals surface area contributed by atoms with Crippen LogP contribution in [0, 0.1) is 0 Å². The molecule has 0 aliphatic rings. The second-order valence-corrected chi connectivity index (χ2v) is 5.08. The summed E-state index contributed by atoms with van der Waals surface area (Å²) in [6.07, 6.45) is 5.57. The average molecular weight is 316 g/mol. The number of pyridine rings is 1. The third-order valence-electron chi connectivity index (χ3n) is 3.57. The maximum Gasteiger partial charge on any atom is 0.259 e. The maximum absolute atomic E-state index is 12.7. The van der Waals surface area contributed by atoms with Crippen LogP contribution in [0.2, 0.25) is 0 Å². The molecule has 0 bridgehead atoms. The fourth-order valence-corrected chi connectivity index (χ4v) is 2.12. The van der Waals surface area contributed by atoms with E-state index in [1.165, 1.54) is 14.2 Å². The van der Waals surface area contributed by atoms with Gasteiger partial charge in [-0.05, 0) is 13.0 Å². The minimum absolute atomic E-state index is 0.0500. The fraction of sp³-hybridized carbons (Fsp3) is 0.375. The molecule has 2 aromatic rings. The van der Waals surface area contributed by atoms with Crippen LogP contribution in [0.1, 0.15) is 23.0 Å². The summed E-state index contributed by atoms with van der Waals surface area (Å²) in [5, 5.41) is 0. The zero-order valence-electron chi connectivity index (χ0n) is 13.7. The van der Waals surface area contributed by atoms with E-state index in [9.17, 15) is 4.79 Å². The summed E-state index contributed by atoms with van der Waals surface area (Å²) in [5.74, 6) is 0.468. The molecule has 7 nitrogen and oxygen atoms in total. The molecule has 2 rings (SSSR count). The summed E-state index contributed by atoms with van der Waals surface area (Å²) in [6.45, 7) is 1.95. The minimum Gasteiger partial charge on any atom is -0.481 e. The molecule has 2 aromatic heterocycles. The second-order valence-electron chi connectivity index (χ2n) is 5.08. The highest BCUT2D eigenvalue weighted by molar-refractivity contribution is 5.96. The summed E-state index contributed by atoms with van der Waals surface area (Å²) >= 11 is 0. The number of carbonyl (C=O) groups is 1. The van der Waals surface area contributed by atoms with Gasteiger partial charge in [0.05, 0.1) is 19.9 Å². The van der Waals surface area contributed by atoms with Crippen LogP contribution >= 0.6 is 0 Å². The first-order valence-electron chi connectivity index (χ1n) is 7.18. The number of methoxy groups -OCH3 is 2. The van der Waals surface area contributed by atoms with Gasteiger partial charge in [0.25, 0.3) is 5.91 Å². The summed E-state index contributed by atoms with van der Waals surface area (Å²) < 4.78 is 10.2. The first kappa shape index (κ1) is 16.7. The third-order valence-corrected chi connectivity index (χ3v) is 3.57. The van der Waals surface area contributed by atoms with Crippen molar-refractivity contribution in [2.45, 2.75) is 19.4 Å². The fourth-order valence-electron chi connectivity index (χ4n) is 2.12. The molecule has 1 amide bonds. The second kappa shape index (κ2) is 7.53. The molecular weight excluding hydrogens is 296 g/mol. The number of carbonyl (C=O) groups excluding carboxylic acids is 1. The van der Waals surface area contributed by atoms with E-state index in [0.717, 1.165) is 5.69 Å². The van der Waals surface area contributed by atoms with Crippen molar-refractivity contribution >= 4 is 5.91 Å². The third kappa shape index (κ3) is 3.94. The normalized spacial score (nSPS) is 11.7. The highest BCUT2D eigenvalue weighted by Gasteiger charge is 2.22. The molecule has 122 valence electrons. The molecule has 0 saturated carbocycles. The number of amides is 1. The van der Waals surface area contributed by atoms with Crippen LogP contribution in [0.5, 0.6) is 11.8 Å². The molecule has 7 heteroatoms. The molecule has 1 atom stereocenters. The smallest absolute Gasteiger partial charge is 0.259 e. The molecule has 0 spiro atoms. The molecule has 0 aliphatic heterocycles. The molecular formula is C16H20N4O3. The van der Waals surface area contributed by atoms with Crippen molar-refractivity contribution in [1.82, 2.24) is 19.9 Å². The van der Waals surface area contributed by atoms with E-state index < -0.39 is 0 Å². The first-order valence-corrected chi connectivity index (χ1v) is 7.18. The van der Waals surface area contributed by atoms with Gasteiger partial charge in [0.2, 0.25) is 11.8 Å². The zero-order chi connectivity index (χ0) is 16.8. The van der Waals surface area contributed by atoms with Crippen LogP contribution in [0.15, 0.2) is 30.7 Å². The van der Waals surface area contributed by atoms with E-state index in [4.69, 9.17) is 9.47 Å².